The molecule has 0 amide bonds. The smallest absolute Gasteiger partial charge is 0.235 e. The highest BCUT2D eigenvalue weighted by atomic mass is 15.2. The van der Waals surface area contributed by atoms with Crippen LogP contribution in [0, 0.1) is 0 Å². The number of benzene rings is 7. The lowest BCUT2D eigenvalue weighted by Gasteiger charge is -2.15. The third-order valence-corrected chi connectivity index (χ3v) is 10.4. The predicted octanol–water partition coefficient (Wildman–Crippen LogP) is 11.7. The molecule has 0 N–H and O–H groups in total. The molecule has 0 unspecified atom stereocenters. The largest absolute Gasteiger partial charge is 0.315 e. The standard InChI is InChI=1S/C47H29N5/c1-2-12-33(13-3-1)51-29-27-32-25-26-39-42-36-16-6-4-14-34(36)35-15-5-7-17-37(35)45(42)52(46(39)44(32)51)47-49-41-20-9-8-18-38(41)43(50-47)31-23-21-30(22-24-31)40-19-10-11-28-48-40/h1-29H. The second-order valence-electron chi connectivity index (χ2n) is 13.3. The summed E-state index contributed by atoms with van der Waals surface area (Å²) in [5, 5.41) is 9.33. The molecule has 0 fully saturated rings. The average molecular weight is 664 g/mol. The maximum Gasteiger partial charge on any atom is 0.235 e. The highest BCUT2D eigenvalue weighted by Gasteiger charge is 2.24. The molecule has 0 saturated heterocycles. The first-order valence-corrected chi connectivity index (χ1v) is 17.5. The highest BCUT2D eigenvalue weighted by molar-refractivity contribution is 6.34. The fraction of sp³-hybridized carbons (Fsp3) is 0. The van der Waals surface area contributed by atoms with Gasteiger partial charge in [0.1, 0.15) is 0 Å². The molecule has 11 rings (SSSR count). The van der Waals surface area contributed by atoms with Crippen molar-refractivity contribution in [2.24, 2.45) is 0 Å². The van der Waals surface area contributed by atoms with Crippen LogP contribution < -0.4 is 0 Å². The van der Waals surface area contributed by atoms with E-state index in [4.69, 9.17) is 9.97 Å². The van der Waals surface area contributed by atoms with Gasteiger partial charge in [0.25, 0.3) is 0 Å². The molecule has 0 aliphatic carbocycles. The van der Waals surface area contributed by atoms with Crippen LogP contribution in [-0.2, 0) is 0 Å². The van der Waals surface area contributed by atoms with Crippen molar-refractivity contribution in [1.29, 1.82) is 0 Å². The van der Waals surface area contributed by atoms with Crippen LogP contribution >= 0.6 is 0 Å². The normalized spacial score (nSPS) is 11.8. The van der Waals surface area contributed by atoms with Crippen molar-refractivity contribution < 1.29 is 0 Å². The Hall–Kier alpha value is -7.11. The molecular weight excluding hydrogens is 635 g/mol. The highest BCUT2D eigenvalue weighted by Crippen LogP contribution is 2.45. The van der Waals surface area contributed by atoms with Crippen LogP contribution in [0.2, 0.25) is 0 Å². The Morgan fingerprint density at radius 2 is 1.10 bits per heavy atom. The van der Waals surface area contributed by atoms with Gasteiger partial charge >= 0.3 is 0 Å². The van der Waals surface area contributed by atoms with E-state index in [1.54, 1.807) is 0 Å². The van der Waals surface area contributed by atoms with Crippen molar-refractivity contribution in [2.75, 3.05) is 0 Å². The van der Waals surface area contributed by atoms with Crippen LogP contribution in [0.15, 0.2) is 176 Å². The molecule has 4 aromatic heterocycles. The SMILES string of the molecule is c1ccc(-n2ccc3ccc4c5c6ccccc6c6ccccc6c5n(-c5nc(-c6ccc(-c7ccccn7)cc6)c6ccccc6n5)c4c32)cc1. The summed E-state index contributed by atoms with van der Waals surface area (Å²) in [4.78, 5) is 15.5. The Labute approximate surface area is 298 Å². The lowest BCUT2D eigenvalue weighted by atomic mass is 9.96. The topological polar surface area (TPSA) is 48.5 Å². The minimum Gasteiger partial charge on any atom is -0.315 e. The molecule has 0 atom stereocenters. The van der Waals surface area contributed by atoms with Gasteiger partial charge in [0, 0.05) is 56.1 Å². The summed E-state index contributed by atoms with van der Waals surface area (Å²) in [7, 11) is 0. The van der Waals surface area contributed by atoms with Crippen LogP contribution in [0.1, 0.15) is 0 Å². The number of rotatable bonds is 4. The number of fused-ring (bicyclic) bond motifs is 11. The van der Waals surface area contributed by atoms with Gasteiger partial charge in [-0.3, -0.25) is 9.55 Å². The van der Waals surface area contributed by atoms with E-state index in [0.29, 0.717) is 5.95 Å². The van der Waals surface area contributed by atoms with Crippen molar-refractivity contribution in [3.63, 3.8) is 0 Å². The minimum atomic E-state index is 0.635. The molecule has 0 radical (unpaired) electrons. The molecule has 4 heterocycles. The number of nitrogens with zero attached hydrogens (tertiary/aromatic N) is 5. The third-order valence-electron chi connectivity index (χ3n) is 10.4. The lowest BCUT2D eigenvalue weighted by molar-refractivity contribution is 1.01. The van der Waals surface area contributed by atoms with E-state index < -0.39 is 0 Å². The van der Waals surface area contributed by atoms with Gasteiger partial charge < -0.3 is 4.57 Å². The molecule has 11 aromatic rings. The molecule has 7 aromatic carbocycles. The quantitative estimate of drug-likeness (QED) is 0.176. The number of hydrogen-bond acceptors (Lipinski definition) is 3. The van der Waals surface area contributed by atoms with Gasteiger partial charge in [-0.1, -0.05) is 127 Å². The third kappa shape index (κ3) is 4.20. The molecule has 0 aliphatic rings. The van der Waals surface area contributed by atoms with Crippen LogP contribution in [0.25, 0.3) is 99.3 Å². The van der Waals surface area contributed by atoms with Gasteiger partial charge in [-0.2, -0.15) is 0 Å². The maximum absolute atomic E-state index is 5.52. The lowest BCUT2D eigenvalue weighted by Crippen LogP contribution is -2.05. The number of pyridine rings is 1. The second-order valence-corrected chi connectivity index (χ2v) is 13.3. The summed E-state index contributed by atoms with van der Waals surface area (Å²) < 4.78 is 4.63. The van der Waals surface area contributed by atoms with Crippen LogP contribution in [0.4, 0.5) is 0 Å². The zero-order valence-corrected chi connectivity index (χ0v) is 28.0. The molecule has 0 aliphatic heterocycles. The minimum absolute atomic E-state index is 0.635. The van der Waals surface area contributed by atoms with Crippen LogP contribution in [-0.4, -0.2) is 24.1 Å². The molecule has 52 heavy (non-hydrogen) atoms. The Morgan fingerprint density at radius 1 is 0.423 bits per heavy atom. The van der Waals surface area contributed by atoms with Crippen molar-refractivity contribution in [1.82, 2.24) is 24.1 Å². The summed E-state index contributed by atoms with van der Waals surface area (Å²) >= 11 is 0. The van der Waals surface area contributed by atoms with Crippen molar-refractivity contribution in [2.45, 2.75) is 0 Å². The molecular formula is C47H29N5. The van der Waals surface area contributed by atoms with E-state index in [1.165, 1.54) is 26.9 Å². The molecule has 0 spiro atoms. The molecule has 0 bridgehead atoms. The van der Waals surface area contributed by atoms with Gasteiger partial charge in [0.15, 0.2) is 0 Å². The zero-order valence-electron chi connectivity index (χ0n) is 28.0. The monoisotopic (exact) mass is 663 g/mol. The molecule has 242 valence electrons. The number of para-hydroxylation sites is 2. The second kappa shape index (κ2) is 11.2. The van der Waals surface area contributed by atoms with Gasteiger partial charge in [0.2, 0.25) is 5.95 Å². The summed E-state index contributed by atoms with van der Waals surface area (Å²) in [5.74, 6) is 0.635. The van der Waals surface area contributed by atoms with E-state index in [0.717, 1.165) is 66.4 Å². The average Bonchev–Trinajstić information content (AvgIpc) is 3.81. The van der Waals surface area contributed by atoms with Crippen LogP contribution in [0.3, 0.4) is 0 Å². The summed E-state index contributed by atoms with van der Waals surface area (Å²) in [6.07, 6.45) is 4.00. The van der Waals surface area contributed by atoms with E-state index in [1.807, 2.05) is 24.4 Å². The Balaban J connectivity index is 1.31. The maximum atomic E-state index is 5.52. The first-order chi connectivity index (χ1) is 25.8. The van der Waals surface area contributed by atoms with E-state index in [9.17, 15) is 0 Å². The number of hydrogen-bond donors (Lipinski definition) is 0. The molecule has 5 nitrogen and oxygen atoms in total. The van der Waals surface area contributed by atoms with Crippen molar-refractivity contribution in [3.05, 3.63) is 176 Å². The van der Waals surface area contributed by atoms with Gasteiger partial charge in [-0.25, -0.2) is 9.97 Å². The van der Waals surface area contributed by atoms with Gasteiger partial charge in [0.05, 0.1) is 33.5 Å². The van der Waals surface area contributed by atoms with E-state index in [-0.39, 0.29) is 0 Å². The number of aromatic nitrogens is 5. The fourth-order valence-corrected chi connectivity index (χ4v) is 8.10. The van der Waals surface area contributed by atoms with Gasteiger partial charge in [-0.15, -0.1) is 0 Å². The molecule has 5 heteroatoms. The Bertz CT molecular complexity index is 3160. The fourth-order valence-electron chi connectivity index (χ4n) is 8.10. The van der Waals surface area contributed by atoms with Gasteiger partial charge in [-0.05, 0) is 52.6 Å². The van der Waals surface area contributed by atoms with Crippen molar-refractivity contribution in [3.8, 4) is 34.2 Å². The summed E-state index contributed by atoms with van der Waals surface area (Å²) in [6, 6.07) is 57.7. The van der Waals surface area contributed by atoms with Crippen molar-refractivity contribution >= 4 is 65.2 Å². The summed E-state index contributed by atoms with van der Waals surface area (Å²) in [5.41, 5.74) is 9.20. The summed E-state index contributed by atoms with van der Waals surface area (Å²) in [6.45, 7) is 0. The van der Waals surface area contributed by atoms with E-state index in [2.05, 4.69) is 166 Å². The first-order valence-electron chi connectivity index (χ1n) is 17.5. The first kappa shape index (κ1) is 28.7. The van der Waals surface area contributed by atoms with Crippen LogP contribution in [0.5, 0.6) is 0 Å². The zero-order chi connectivity index (χ0) is 34.2. The Morgan fingerprint density at radius 3 is 1.88 bits per heavy atom. The molecule has 0 saturated carbocycles. The van der Waals surface area contributed by atoms with E-state index >= 15 is 0 Å². The predicted molar refractivity (Wildman–Crippen MR) is 214 cm³/mol. The Kier molecular flexibility index (Phi) is 6.18.